The van der Waals surface area contributed by atoms with E-state index < -0.39 is 5.97 Å². The van der Waals surface area contributed by atoms with Gasteiger partial charge in [-0.15, -0.1) is 5.10 Å². The molecule has 128 valence electrons. The number of nitrogens with zero attached hydrogens (tertiary/aromatic N) is 4. The van der Waals surface area contributed by atoms with Crippen molar-refractivity contribution in [3.05, 3.63) is 66.5 Å². The first-order chi connectivity index (χ1) is 12.6. The van der Waals surface area contributed by atoms with Gasteiger partial charge in [-0.1, -0.05) is 53.7 Å². The molecule has 2 aromatic carbocycles. The molecule has 7 heteroatoms. The lowest BCUT2D eigenvalue weighted by atomic mass is 10.0. The molecule has 0 amide bonds. The lowest BCUT2D eigenvalue weighted by Gasteiger charge is -2.05. The largest absolute Gasteiger partial charge is 0.476 e. The highest BCUT2D eigenvalue weighted by molar-refractivity contribution is 5.92. The summed E-state index contributed by atoms with van der Waals surface area (Å²) in [5.74, 6) is -1.08. The third-order valence-electron chi connectivity index (χ3n) is 4.15. The quantitative estimate of drug-likeness (QED) is 0.592. The number of H-pyrrole nitrogens is 1. The first kappa shape index (κ1) is 15.8. The summed E-state index contributed by atoms with van der Waals surface area (Å²) in [7, 11) is 1.89. The zero-order valence-corrected chi connectivity index (χ0v) is 13.9. The van der Waals surface area contributed by atoms with Crippen molar-refractivity contribution in [2.75, 3.05) is 0 Å². The Morgan fingerprint density at radius 1 is 0.923 bits per heavy atom. The number of aromatic carboxylic acids is 1. The molecule has 2 aromatic heterocycles. The number of carboxylic acid groups (broad SMARTS) is 1. The Hall–Kier alpha value is -3.74. The van der Waals surface area contributed by atoms with Crippen molar-refractivity contribution in [2.24, 2.45) is 7.05 Å². The number of benzene rings is 2. The summed E-state index contributed by atoms with van der Waals surface area (Å²) >= 11 is 0. The molecule has 0 atom stereocenters. The van der Waals surface area contributed by atoms with Crippen LogP contribution < -0.4 is 0 Å². The molecule has 0 aliphatic carbocycles. The Labute approximate surface area is 148 Å². The minimum Gasteiger partial charge on any atom is -0.476 e. The van der Waals surface area contributed by atoms with E-state index in [-0.39, 0.29) is 5.69 Å². The minimum atomic E-state index is -1.08. The maximum absolute atomic E-state index is 11.2. The zero-order valence-electron chi connectivity index (χ0n) is 13.9. The predicted molar refractivity (Wildman–Crippen MR) is 96.4 cm³/mol. The van der Waals surface area contributed by atoms with Crippen molar-refractivity contribution in [3.8, 4) is 33.6 Å². The van der Waals surface area contributed by atoms with Crippen LogP contribution in [0.1, 0.15) is 10.5 Å². The van der Waals surface area contributed by atoms with Crippen LogP contribution in [0.5, 0.6) is 0 Å². The second-order valence-corrected chi connectivity index (χ2v) is 5.87. The van der Waals surface area contributed by atoms with E-state index in [1.165, 1.54) is 0 Å². The Bertz CT molecular complexity index is 1060. The molecular weight excluding hydrogens is 330 g/mol. The molecule has 2 N–H and O–H groups in total. The van der Waals surface area contributed by atoms with Crippen LogP contribution in [0.3, 0.4) is 0 Å². The first-order valence-corrected chi connectivity index (χ1v) is 7.97. The van der Waals surface area contributed by atoms with Crippen LogP contribution in [0.4, 0.5) is 0 Å². The van der Waals surface area contributed by atoms with E-state index in [0.717, 1.165) is 22.4 Å². The van der Waals surface area contributed by atoms with Crippen LogP contribution in [0.15, 0.2) is 60.8 Å². The zero-order chi connectivity index (χ0) is 18.1. The molecular formula is C19H15N5O2. The topological polar surface area (TPSA) is 96.7 Å². The Balaban J connectivity index is 1.61. The molecule has 0 bridgehead atoms. The highest BCUT2D eigenvalue weighted by atomic mass is 16.4. The van der Waals surface area contributed by atoms with Crippen LogP contribution in [0.2, 0.25) is 0 Å². The van der Waals surface area contributed by atoms with E-state index in [4.69, 9.17) is 5.11 Å². The highest BCUT2D eigenvalue weighted by Crippen LogP contribution is 2.27. The Morgan fingerprint density at radius 2 is 1.50 bits per heavy atom. The van der Waals surface area contributed by atoms with Gasteiger partial charge in [-0.25, -0.2) is 4.79 Å². The van der Waals surface area contributed by atoms with Crippen molar-refractivity contribution in [3.63, 3.8) is 0 Å². The molecule has 0 fully saturated rings. The van der Waals surface area contributed by atoms with Crippen molar-refractivity contribution in [1.29, 1.82) is 0 Å². The van der Waals surface area contributed by atoms with Gasteiger partial charge >= 0.3 is 5.97 Å². The van der Waals surface area contributed by atoms with Crippen LogP contribution in [0.25, 0.3) is 33.6 Å². The van der Waals surface area contributed by atoms with Crippen LogP contribution >= 0.6 is 0 Å². The van der Waals surface area contributed by atoms with Gasteiger partial charge in [-0.2, -0.15) is 5.10 Å². The average molecular weight is 345 g/mol. The lowest BCUT2D eigenvalue weighted by molar-refractivity contribution is 0.0691. The third-order valence-corrected chi connectivity index (χ3v) is 4.15. The van der Waals surface area contributed by atoms with Gasteiger partial charge < -0.3 is 5.11 Å². The summed E-state index contributed by atoms with van der Waals surface area (Å²) in [6.45, 7) is 0. The number of hydrogen-bond donors (Lipinski definition) is 2. The average Bonchev–Trinajstić information content (AvgIpc) is 3.31. The first-order valence-electron chi connectivity index (χ1n) is 7.97. The molecule has 0 aliphatic rings. The van der Waals surface area contributed by atoms with Crippen molar-refractivity contribution < 1.29 is 9.90 Å². The number of aromatic nitrogens is 5. The summed E-state index contributed by atoms with van der Waals surface area (Å²) in [4.78, 5) is 11.2. The standard InChI is InChI=1S/C19H15N5O2/c1-24-11-10-16(22-24)14-6-2-12(3-7-14)13-4-8-15(9-5-13)17-18(19(25)26)21-23-20-17/h2-11H,1H3,(H,25,26)(H,20,21,23). The molecule has 4 rings (SSSR count). The molecule has 2 heterocycles. The van der Waals surface area contributed by atoms with Gasteiger partial charge in [0.05, 0.1) is 5.69 Å². The summed E-state index contributed by atoms with van der Waals surface area (Å²) in [5.41, 5.74) is 5.09. The molecule has 0 radical (unpaired) electrons. The molecule has 26 heavy (non-hydrogen) atoms. The number of hydrogen-bond acceptors (Lipinski definition) is 4. The van der Waals surface area contributed by atoms with Gasteiger partial charge in [0.15, 0.2) is 5.69 Å². The maximum Gasteiger partial charge on any atom is 0.356 e. The summed E-state index contributed by atoms with van der Waals surface area (Å²) in [6.07, 6.45) is 1.91. The minimum absolute atomic E-state index is 0.0162. The number of rotatable bonds is 4. The summed E-state index contributed by atoms with van der Waals surface area (Å²) < 4.78 is 1.78. The number of nitrogens with one attached hydrogen (secondary N) is 1. The van der Waals surface area contributed by atoms with E-state index in [9.17, 15) is 4.79 Å². The summed E-state index contributed by atoms with van der Waals surface area (Å²) in [6, 6.07) is 17.7. The fourth-order valence-electron chi connectivity index (χ4n) is 2.80. The maximum atomic E-state index is 11.2. The van der Waals surface area contributed by atoms with E-state index in [2.05, 4.69) is 20.5 Å². The molecule has 0 saturated heterocycles. The predicted octanol–water partition coefficient (Wildman–Crippen LogP) is 3.24. The second-order valence-electron chi connectivity index (χ2n) is 5.87. The Kier molecular flexibility index (Phi) is 3.81. The van der Waals surface area contributed by atoms with Gasteiger partial charge in [0, 0.05) is 24.4 Å². The van der Waals surface area contributed by atoms with E-state index in [1.807, 2.05) is 67.8 Å². The smallest absolute Gasteiger partial charge is 0.356 e. The van der Waals surface area contributed by atoms with Gasteiger partial charge in [0.1, 0.15) is 5.69 Å². The Morgan fingerprint density at radius 3 is 2.04 bits per heavy atom. The number of carbonyl (C=O) groups is 1. The second kappa shape index (κ2) is 6.29. The lowest BCUT2D eigenvalue weighted by Crippen LogP contribution is -1.99. The third kappa shape index (κ3) is 2.86. The van der Waals surface area contributed by atoms with Gasteiger partial charge in [-0.3, -0.25) is 9.78 Å². The van der Waals surface area contributed by atoms with Crippen LogP contribution in [-0.2, 0) is 7.05 Å². The molecule has 0 saturated carbocycles. The molecule has 0 aliphatic heterocycles. The van der Waals surface area contributed by atoms with E-state index >= 15 is 0 Å². The fourth-order valence-corrected chi connectivity index (χ4v) is 2.80. The number of aryl methyl sites for hydroxylation is 1. The summed E-state index contributed by atoms with van der Waals surface area (Å²) in [5, 5.41) is 23.4. The highest BCUT2D eigenvalue weighted by Gasteiger charge is 2.15. The molecule has 4 aromatic rings. The van der Waals surface area contributed by atoms with Crippen molar-refractivity contribution >= 4 is 5.97 Å². The molecule has 0 unspecified atom stereocenters. The monoisotopic (exact) mass is 345 g/mol. The molecule has 0 spiro atoms. The van der Waals surface area contributed by atoms with Gasteiger partial charge in [-0.05, 0) is 17.2 Å². The van der Waals surface area contributed by atoms with Crippen molar-refractivity contribution in [1.82, 2.24) is 25.2 Å². The normalized spacial score (nSPS) is 10.8. The van der Waals surface area contributed by atoms with Crippen LogP contribution in [0, 0.1) is 0 Å². The van der Waals surface area contributed by atoms with Crippen molar-refractivity contribution in [2.45, 2.75) is 0 Å². The van der Waals surface area contributed by atoms with Crippen LogP contribution in [-0.4, -0.2) is 36.3 Å². The fraction of sp³-hybridized carbons (Fsp3) is 0.0526. The van der Waals surface area contributed by atoms with Gasteiger partial charge in [0.25, 0.3) is 0 Å². The van der Waals surface area contributed by atoms with E-state index in [0.29, 0.717) is 11.3 Å². The van der Waals surface area contributed by atoms with E-state index in [1.54, 1.807) is 4.68 Å². The number of carboxylic acids is 1. The number of aromatic amines is 1. The molecule has 7 nitrogen and oxygen atoms in total. The SMILES string of the molecule is Cn1ccc(-c2ccc(-c3ccc(-c4nn[nH]c4C(=O)O)cc3)cc2)n1. The van der Waals surface area contributed by atoms with Gasteiger partial charge in [0.2, 0.25) is 0 Å².